The standard InChI is InChI=1S/C12H19N3O4/c1-2-19-9-3-6-13-12(18)10-4-7-15(14-10)8-5-11(16)17/h4,7H,2-3,5-6,8-9H2,1H3,(H,13,18)(H,16,17). The zero-order valence-corrected chi connectivity index (χ0v) is 11.0. The van der Waals surface area contributed by atoms with Crippen LogP contribution in [0.25, 0.3) is 0 Å². The Hall–Kier alpha value is -1.89. The van der Waals surface area contributed by atoms with Crippen molar-refractivity contribution >= 4 is 11.9 Å². The van der Waals surface area contributed by atoms with Crippen LogP contribution in [0, 0.1) is 0 Å². The second kappa shape index (κ2) is 8.25. The van der Waals surface area contributed by atoms with Crippen molar-refractivity contribution < 1.29 is 19.4 Å². The van der Waals surface area contributed by atoms with Crippen LogP contribution >= 0.6 is 0 Å². The van der Waals surface area contributed by atoms with Gasteiger partial charge in [-0.15, -0.1) is 0 Å². The van der Waals surface area contributed by atoms with Crippen LogP contribution in [0.15, 0.2) is 12.3 Å². The number of aliphatic carboxylic acids is 1. The number of carbonyl (C=O) groups excluding carboxylic acids is 1. The maximum atomic E-state index is 11.7. The number of amides is 1. The van der Waals surface area contributed by atoms with Crippen LogP contribution in [-0.4, -0.2) is 46.5 Å². The zero-order chi connectivity index (χ0) is 14.1. The lowest BCUT2D eigenvalue weighted by molar-refractivity contribution is -0.137. The van der Waals surface area contributed by atoms with Crippen LogP contribution in [0.4, 0.5) is 0 Å². The van der Waals surface area contributed by atoms with Crippen molar-refractivity contribution in [2.45, 2.75) is 26.3 Å². The molecule has 0 aliphatic heterocycles. The van der Waals surface area contributed by atoms with Gasteiger partial charge in [0, 0.05) is 26.0 Å². The molecule has 106 valence electrons. The average Bonchev–Trinajstić information content (AvgIpc) is 2.84. The third kappa shape index (κ3) is 6.01. The highest BCUT2D eigenvalue weighted by Gasteiger charge is 2.09. The Morgan fingerprint density at radius 2 is 2.32 bits per heavy atom. The lowest BCUT2D eigenvalue weighted by Crippen LogP contribution is -2.26. The van der Waals surface area contributed by atoms with Gasteiger partial charge in [-0.1, -0.05) is 0 Å². The van der Waals surface area contributed by atoms with E-state index in [1.54, 1.807) is 12.3 Å². The van der Waals surface area contributed by atoms with E-state index in [9.17, 15) is 9.59 Å². The number of rotatable bonds is 9. The molecule has 1 aromatic heterocycles. The minimum atomic E-state index is -0.891. The normalized spacial score (nSPS) is 10.4. The summed E-state index contributed by atoms with van der Waals surface area (Å²) < 4.78 is 6.60. The number of hydrogen-bond acceptors (Lipinski definition) is 4. The molecule has 7 heteroatoms. The Morgan fingerprint density at radius 1 is 1.53 bits per heavy atom. The van der Waals surface area contributed by atoms with E-state index in [-0.39, 0.29) is 18.9 Å². The van der Waals surface area contributed by atoms with Crippen LogP contribution < -0.4 is 5.32 Å². The van der Waals surface area contributed by atoms with E-state index in [0.29, 0.717) is 25.5 Å². The Labute approximate surface area is 111 Å². The number of aryl methyl sites for hydroxylation is 1. The number of carboxylic acid groups (broad SMARTS) is 1. The van der Waals surface area contributed by atoms with Crippen LogP contribution in [0.2, 0.25) is 0 Å². The fraction of sp³-hybridized carbons (Fsp3) is 0.583. The molecule has 0 aliphatic rings. The highest BCUT2D eigenvalue weighted by atomic mass is 16.5. The predicted octanol–water partition coefficient (Wildman–Crippen LogP) is 0.514. The van der Waals surface area contributed by atoms with E-state index >= 15 is 0 Å². The molecule has 1 aromatic rings. The lowest BCUT2D eigenvalue weighted by Gasteiger charge is -2.03. The molecule has 2 N–H and O–H groups in total. The summed E-state index contributed by atoms with van der Waals surface area (Å²) in [6.45, 7) is 3.99. The van der Waals surface area contributed by atoms with Gasteiger partial charge in [0.05, 0.1) is 13.0 Å². The summed E-state index contributed by atoms with van der Waals surface area (Å²) in [5.41, 5.74) is 0.293. The lowest BCUT2D eigenvalue weighted by atomic mass is 10.4. The predicted molar refractivity (Wildman–Crippen MR) is 67.9 cm³/mol. The molecule has 1 amide bonds. The van der Waals surface area contributed by atoms with E-state index in [1.807, 2.05) is 6.92 Å². The maximum absolute atomic E-state index is 11.7. The minimum Gasteiger partial charge on any atom is -0.481 e. The van der Waals surface area contributed by atoms with Crippen molar-refractivity contribution in [2.24, 2.45) is 0 Å². The van der Waals surface area contributed by atoms with E-state index < -0.39 is 5.97 Å². The van der Waals surface area contributed by atoms with Crippen LogP contribution in [0.3, 0.4) is 0 Å². The topological polar surface area (TPSA) is 93.5 Å². The van der Waals surface area contributed by atoms with Crippen LogP contribution in [0.5, 0.6) is 0 Å². The first kappa shape index (κ1) is 15.2. The summed E-state index contributed by atoms with van der Waals surface area (Å²) in [5, 5.41) is 15.3. The van der Waals surface area contributed by atoms with Gasteiger partial charge >= 0.3 is 5.97 Å². The summed E-state index contributed by atoms with van der Waals surface area (Å²) in [4.78, 5) is 22.1. The highest BCUT2D eigenvalue weighted by molar-refractivity contribution is 5.92. The molecule has 0 aromatic carbocycles. The molecule has 0 saturated carbocycles. The number of aromatic nitrogens is 2. The first-order valence-electron chi connectivity index (χ1n) is 6.24. The highest BCUT2D eigenvalue weighted by Crippen LogP contribution is 1.97. The Bertz CT molecular complexity index is 417. The largest absolute Gasteiger partial charge is 0.481 e. The second-order valence-corrected chi connectivity index (χ2v) is 3.91. The zero-order valence-electron chi connectivity index (χ0n) is 11.0. The molecule has 0 bridgehead atoms. The van der Waals surface area contributed by atoms with E-state index in [4.69, 9.17) is 9.84 Å². The fourth-order valence-corrected chi connectivity index (χ4v) is 1.43. The third-order valence-electron chi connectivity index (χ3n) is 2.38. The average molecular weight is 269 g/mol. The van der Waals surface area contributed by atoms with Gasteiger partial charge in [-0.05, 0) is 19.4 Å². The SMILES string of the molecule is CCOCCCNC(=O)c1ccn(CCC(=O)O)n1. The van der Waals surface area contributed by atoms with Gasteiger partial charge in [0.1, 0.15) is 5.69 Å². The summed E-state index contributed by atoms with van der Waals surface area (Å²) in [7, 11) is 0. The summed E-state index contributed by atoms with van der Waals surface area (Å²) in [5.74, 6) is -1.15. The minimum absolute atomic E-state index is 0.0168. The number of carbonyl (C=O) groups is 2. The number of nitrogens with one attached hydrogen (secondary N) is 1. The molecule has 7 nitrogen and oxygen atoms in total. The van der Waals surface area contributed by atoms with E-state index in [1.165, 1.54) is 4.68 Å². The van der Waals surface area contributed by atoms with Crippen molar-refractivity contribution in [2.75, 3.05) is 19.8 Å². The van der Waals surface area contributed by atoms with Gasteiger partial charge in [0.25, 0.3) is 5.91 Å². The molecule has 0 atom stereocenters. The van der Waals surface area contributed by atoms with Gasteiger partial charge < -0.3 is 15.2 Å². The Kier molecular flexibility index (Phi) is 6.59. The molecule has 0 aliphatic carbocycles. The van der Waals surface area contributed by atoms with Crippen molar-refractivity contribution in [3.05, 3.63) is 18.0 Å². The molecule has 1 heterocycles. The molecule has 0 radical (unpaired) electrons. The van der Waals surface area contributed by atoms with Gasteiger partial charge in [-0.25, -0.2) is 0 Å². The quantitative estimate of drug-likeness (QED) is 0.637. The van der Waals surface area contributed by atoms with Crippen LogP contribution in [0.1, 0.15) is 30.3 Å². The molecule has 19 heavy (non-hydrogen) atoms. The molecule has 1 rings (SSSR count). The second-order valence-electron chi connectivity index (χ2n) is 3.91. The molecular formula is C12H19N3O4. The number of carboxylic acids is 1. The molecule has 0 unspecified atom stereocenters. The Balaban J connectivity index is 2.30. The van der Waals surface area contributed by atoms with Crippen molar-refractivity contribution in [3.63, 3.8) is 0 Å². The third-order valence-corrected chi connectivity index (χ3v) is 2.38. The summed E-state index contributed by atoms with van der Waals surface area (Å²) in [6, 6.07) is 1.57. The number of hydrogen-bond donors (Lipinski definition) is 2. The molecule has 0 saturated heterocycles. The first-order valence-corrected chi connectivity index (χ1v) is 6.24. The fourth-order valence-electron chi connectivity index (χ4n) is 1.43. The summed E-state index contributed by atoms with van der Waals surface area (Å²) >= 11 is 0. The molecule has 0 fully saturated rings. The molecule has 0 spiro atoms. The number of nitrogens with zero attached hydrogens (tertiary/aromatic N) is 2. The summed E-state index contributed by atoms with van der Waals surface area (Å²) in [6.07, 6.45) is 2.33. The van der Waals surface area contributed by atoms with Gasteiger partial charge in [0.15, 0.2) is 0 Å². The van der Waals surface area contributed by atoms with E-state index in [2.05, 4.69) is 10.4 Å². The van der Waals surface area contributed by atoms with Crippen LogP contribution in [-0.2, 0) is 16.1 Å². The van der Waals surface area contributed by atoms with Gasteiger partial charge in [-0.2, -0.15) is 5.10 Å². The van der Waals surface area contributed by atoms with Crippen molar-refractivity contribution in [1.82, 2.24) is 15.1 Å². The molecular weight excluding hydrogens is 250 g/mol. The van der Waals surface area contributed by atoms with Gasteiger partial charge in [-0.3, -0.25) is 14.3 Å². The Morgan fingerprint density at radius 3 is 3.00 bits per heavy atom. The maximum Gasteiger partial charge on any atom is 0.305 e. The smallest absolute Gasteiger partial charge is 0.305 e. The van der Waals surface area contributed by atoms with E-state index in [0.717, 1.165) is 6.42 Å². The monoisotopic (exact) mass is 269 g/mol. The van der Waals surface area contributed by atoms with Gasteiger partial charge in [0.2, 0.25) is 0 Å². The number of ether oxygens (including phenoxy) is 1. The first-order chi connectivity index (χ1) is 9.13. The van der Waals surface area contributed by atoms with Crippen molar-refractivity contribution in [1.29, 1.82) is 0 Å². The van der Waals surface area contributed by atoms with Crippen molar-refractivity contribution in [3.8, 4) is 0 Å².